The summed E-state index contributed by atoms with van der Waals surface area (Å²) in [7, 11) is 1.74. The number of benzene rings is 1. The Kier molecular flexibility index (Phi) is 7.73. The van der Waals surface area contributed by atoms with E-state index in [2.05, 4.69) is 26.1 Å². The van der Waals surface area contributed by atoms with Crippen LogP contribution in [0.1, 0.15) is 12.6 Å². The van der Waals surface area contributed by atoms with E-state index in [0.717, 1.165) is 0 Å². The van der Waals surface area contributed by atoms with Crippen LogP contribution in [0.3, 0.4) is 0 Å². The Hall–Kier alpha value is -4.40. The third-order valence-electron chi connectivity index (χ3n) is 6.69. The molecular weight excluding hydrogens is 525 g/mol. The first-order chi connectivity index (χ1) is 19.3. The first-order valence-corrected chi connectivity index (χ1v) is 12.5. The van der Waals surface area contributed by atoms with Crippen LogP contribution in [0.4, 0.5) is 14.9 Å². The Morgan fingerprint density at radius 2 is 2.20 bits per heavy atom. The molecule has 1 fully saturated rings. The number of halogens is 1. The highest BCUT2D eigenvalue weighted by Gasteiger charge is 2.45. The molecule has 0 spiro atoms. The minimum absolute atomic E-state index is 0.183. The summed E-state index contributed by atoms with van der Waals surface area (Å²) < 4.78 is 27.7. The highest BCUT2D eigenvalue weighted by molar-refractivity contribution is 5.90. The van der Waals surface area contributed by atoms with Crippen LogP contribution in [0.15, 0.2) is 55.0 Å². The molecule has 0 bridgehead atoms. The van der Waals surface area contributed by atoms with Crippen LogP contribution in [0, 0.1) is 5.82 Å². The van der Waals surface area contributed by atoms with Crippen LogP contribution < -0.4 is 15.7 Å². The lowest BCUT2D eigenvalue weighted by atomic mass is 9.98. The smallest absolute Gasteiger partial charge is 0.414 e. The molecule has 40 heavy (non-hydrogen) atoms. The first-order valence-electron chi connectivity index (χ1n) is 12.5. The predicted molar refractivity (Wildman–Crippen MR) is 139 cm³/mol. The zero-order valence-electron chi connectivity index (χ0n) is 21.8. The number of amides is 1. The van der Waals surface area contributed by atoms with Gasteiger partial charge in [-0.1, -0.05) is 11.3 Å². The predicted octanol–water partition coefficient (Wildman–Crippen LogP) is 1.83. The standard InChI is InChI=1S/C26H28FN7O6/c1-26(24(35)36,38-10-8-28-2)23-12-22(31-40-23)21-6-3-16(13-29-21)19-5-4-17(11-20(19)27)34-15-18(39-25(34)37)14-33-9-7-30-32-33/h3-7,9,11-13,18,23,28,31H,8,10,14-15H2,1-2H3,(H,35,36)/t18-,23-,26?/m0/s1. The summed E-state index contributed by atoms with van der Waals surface area (Å²) in [6.07, 6.45) is 4.39. The Bertz CT molecular complexity index is 1400. The molecule has 5 rings (SSSR count). The van der Waals surface area contributed by atoms with E-state index in [-0.39, 0.29) is 13.2 Å². The van der Waals surface area contributed by atoms with Gasteiger partial charge in [-0.05, 0) is 44.3 Å². The van der Waals surface area contributed by atoms with E-state index in [9.17, 15) is 14.7 Å². The summed E-state index contributed by atoms with van der Waals surface area (Å²) in [6, 6.07) is 7.86. The molecule has 3 atom stereocenters. The van der Waals surface area contributed by atoms with Crippen molar-refractivity contribution in [2.24, 2.45) is 0 Å². The lowest BCUT2D eigenvalue weighted by Crippen LogP contribution is -2.50. The van der Waals surface area contributed by atoms with Crippen LogP contribution in [0.25, 0.3) is 16.8 Å². The van der Waals surface area contributed by atoms with E-state index in [1.807, 2.05) is 0 Å². The molecule has 1 amide bonds. The van der Waals surface area contributed by atoms with Gasteiger partial charge in [0, 0.05) is 30.1 Å². The van der Waals surface area contributed by atoms with Crippen LogP contribution >= 0.6 is 0 Å². The van der Waals surface area contributed by atoms with Crippen molar-refractivity contribution in [3.8, 4) is 11.1 Å². The lowest BCUT2D eigenvalue weighted by Gasteiger charge is -2.28. The van der Waals surface area contributed by atoms with Crippen molar-refractivity contribution >= 4 is 23.4 Å². The first kappa shape index (κ1) is 27.2. The normalized spacial score (nSPS) is 20.1. The summed E-state index contributed by atoms with van der Waals surface area (Å²) in [5.41, 5.74) is 3.22. The molecule has 210 valence electrons. The fourth-order valence-electron chi connectivity index (χ4n) is 4.37. The number of nitrogens with zero attached hydrogens (tertiary/aromatic N) is 5. The Morgan fingerprint density at radius 1 is 1.35 bits per heavy atom. The zero-order chi connectivity index (χ0) is 28.3. The van der Waals surface area contributed by atoms with E-state index in [1.165, 1.54) is 30.3 Å². The van der Waals surface area contributed by atoms with Gasteiger partial charge in [0.15, 0.2) is 5.60 Å². The fraction of sp³-hybridized carbons (Fsp3) is 0.346. The molecule has 13 nitrogen and oxygen atoms in total. The lowest BCUT2D eigenvalue weighted by molar-refractivity contribution is -0.181. The van der Waals surface area contributed by atoms with Crippen molar-refractivity contribution in [3.05, 3.63) is 66.5 Å². The minimum Gasteiger partial charge on any atom is -0.479 e. The minimum atomic E-state index is -1.62. The highest BCUT2D eigenvalue weighted by atomic mass is 19.1. The average molecular weight is 554 g/mol. The van der Waals surface area contributed by atoms with Gasteiger partial charge in [-0.2, -0.15) is 0 Å². The maximum atomic E-state index is 15.2. The number of aromatic nitrogens is 4. The third kappa shape index (κ3) is 5.50. The Balaban J connectivity index is 1.27. The van der Waals surface area contributed by atoms with Crippen molar-refractivity contribution in [3.63, 3.8) is 0 Å². The second-order valence-corrected chi connectivity index (χ2v) is 9.42. The molecule has 1 unspecified atom stereocenters. The van der Waals surface area contributed by atoms with Crippen molar-refractivity contribution in [1.82, 2.24) is 30.8 Å². The number of hydroxylamine groups is 1. The summed E-state index contributed by atoms with van der Waals surface area (Å²) in [5, 5.41) is 20.2. The summed E-state index contributed by atoms with van der Waals surface area (Å²) in [6.45, 7) is 2.70. The molecule has 2 aliphatic heterocycles. The zero-order valence-corrected chi connectivity index (χ0v) is 21.8. The van der Waals surface area contributed by atoms with E-state index < -0.39 is 35.7 Å². The highest BCUT2D eigenvalue weighted by Crippen LogP contribution is 2.31. The number of anilines is 1. The number of pyridine rings is 1. The molecule has 3 N–H and O–H groups in total. The number of likely N-dealkylation sites (N-methyl/N-ethyl adjacent to an activating group) is 1. The maximum absolute atomic E-state index is 15.2. The van der Waals surface area contributed by atoms with E-state index in [0.29, 0.717) is 41.3 Å². The van der Waals surface area contributed by atoms with Gasteiger partial charge < -0.3 is 19.9 Å². The SMILES string of the molecule is CNCCOC(C)(C(=O)O)[C@@H]1C=C(c2ccc(-c3ccc(N4C[C@H](Cn5ccnn5)OC4=O)cc3F)cn2)NO1. The largest absolute Gasteiger partial charge is 0.479 e. The third-order valence-corrected chi connectivity index (χ3v) is 6.69. The van der Waals surface area contributed by atoms with Crippen molar-refractivity contribution < 1.29 is 33.4 Å². The summed E-state index contributed by atoms with van der Waals surface area (Å²) >= 11 is 0. The van der Waals surface area contributed by atoms with Gasteiger partial charge in [0.05, 0.1) is 43.0 Å². The van der Waals surface area contributed by atoms with Gasteiger partial charge in [-0.3, -0.25) is 20.2 Å². The van der Waals surface area contributed by atoms with Gasteiger partial charge in [0.25, 0.3) is 0 Å². The molecule has 2 aromatic heterocycles. The summed E-state index contributed by atoms with van der Waals surface area (Å²) in [4.78, 5) is 35.6. The van der Waals surface area contributed by atoms with Crippen LogP contribution in [0.5, 0.6) is 0 Å². The molecule has 2 aliphatic rings. The number of rotatable bonds is 11. The van der Waals surface area contributed by atoms with E-state index in [4.69, 9.17) is 14.3 Å². The number of carbonyl (C=O) groups is 2. The number of hydrogen-bond donors (Lipinski definition) is 3. The van der Waals surface area contributed by atoms with Crippen molar-refractivity contribution in [2.75, 3.05) is 31.6 Å². The molecule has 1 saturated heterocycles. The van der Waals surface area contributed by atoms with Gasteiger partial charge in [0.2, 0.25) is 0 Å². The van der Waals surface area contributed by atoms with E-state index in [1.54, 1.807) is 48.3 Å². The number of carboxylic acid groups (broad SMARTS) is 1. The van der Waals surface area contributed by atoms with Gasteiger partial charge in [-0.25, -0.2) is 18.7 Å². The van der Waals surface area contributed by atoms with Crippen LogP contribution in [-0.2, 0) is 25.7 Å². The molecule has 0 aliphatic carbocycles. The number of hydrogen-bond acceptors (Lipinski definition) is 10. The Morgan fingerprint density at radius 3 is 2.88 bits per heavy atom. The van der Waals surface area contributed by atoms with Gasteiger partial charge >= 0.3 is 12.1 Å². The Labute approximate surface area is 228 Å². The van der Waals surface area contributed by atoms with Crippen LogP contribution in [0.2, 0.25) is 0 Å². The quantitative estimate of drug-likeness (QED) is 0.298. The molecule has 4 heterocycles. The van der Waals surface area contributed by atoms with Gasteiger partial charge in [0.1, 0.15) is 18.0 Å². The topological polar surface area (TPSA) is 153 Å². The maximum Gasteiger partial charge on any atom is 0.414 e. The molecule has 1 aromatic carbocycles. The van der Waals surface area contributed by atoms with Crippen molar-refractivity contribution in [2.45, 2.75) is 31.3 Å². The molecule has 14 heteroatoms. The van der Waals surface area contributed by atoms with Crippen molar-refractivity contribution in [1.29, 1.82) is 0 Å². The number of carboxylic acids is 1. The number of nitrogens with one attached hydrogen (secondary N) is 2. The van der Waals surface area contributed by atoms with Crippen LogP contribution in [-0.4, -0.2) is 81.7 Å². The van der Waals surface area contributed by atoms with Gasteiger partial charge in [-0.15, -0.1) is 5.10 Å². The molecule has 0 radical (unpaired) electrons. The molecular formula is C26H28FN7O6. The second kappa shape index (κ2) is 11.4. The number of aliphatic carboxylic acids is 1. The van der Waals surface area contributed by atoms with E-state index >= 15 is 4.39 Å². The molecule has 0 saturated carbocycles. The monoisotopic (exact) mass is 553 g/mol. The summed E-state index contributed by atoms with van der Waals surface area (Å²) in [5.74, 6) is -1.69. The average Bonchev–Trinajstić information content (AvgIpc) is 3.71. The second-order valence-electron chi connectivity index (χ2n) is 9.42. The number of ether oxygens (including phenoxy) is 2. The number of carbonyl (C=O) groups excluding carboxylic acids is 1. The fourth-order valence-corrected chi connectivity index (χ4v) is 4.37. The molecule has 3 aromatic rings. The number of cyclic esters (lactones) is 1.